The Morgan fingerprint density at radius 3 is 2.06 bits per heavy atom. The van der Waals surface area contributed by atoms with E-state index in [0.29, 0.717) is 17.5 Å². The van der Waals surface area contributed by atoms with Crippen molar-refractivity contribution in [1.29, 1.82) is 0 Å². The molecule has 3 aromatic carbocycles. The Labute approximate surface area is 202 Å². The largest absolute Gasteiger partial charge is 0.429 e. The molecule has 184 valence electrons. The van der Waals surface area contributed by atoms with Gasteiger partial charge >= 0.3 is 6.11 Å². The predicted octanol–water partition coefficient (Wildman–Crippen LogP) is 9.05. The van der Waals surface area contributed by atoms with Gasteiger partial charge in [0, 0.05) is 0 Å². The molecular formula is C29H27F5O. The zero-order valence-corrected chi connectivity index (χ0v) is 19.6. The summed E-state index contributed by atoms with van der Waals surface area (Å²) in [6.45, 7) is 3.77. The Hall–Kier alpha value is -3.15. The number of benzene rings is 3. The van der Waals surface area contributed by atoms with Gasteiger partial charge in [-0.1, -0.05) is 50.1 Å². The maximum Gasteiger partial charge on any atom is 0.429 e. The summed E-state index contributed by atoms with van der Waals surface area (Å²) >= 11 is 0. The first-order valence-corrected chi connectivity index (χ1v) is 11.7. The summed E-state index contributed by atoms with van der Waals surface area (Å²) in [7, 11) is 0. The maximum atomic E-state index is 14.7. The number of allylic oxidation sites excluding steroid dienone is 1. The monoisotopic (exact) mass is 486 g/mol. The van der Waals surface area contributed by atoms with Crippen molar-refractivity contribution in [3.05, 3.63) is 94.8 Å². The molecule has 0 aromatic heterocycles. The van der Waals surface area contributed by atoms with Crippen LogP contribution >= 0.6 is 0 Å². The summed E-state index contributed by atoms with van der Waals surface area (Å²) in [5.41, 5.74) is -0.468. The summed E-state index contributed by atoms with van der Waals surface area (Å²) in [5, 5.41) is 0. The molecule has 0 unspecified atom stereocenters. The molecule has 0 amide bonds. The molecule has 0 aliphatic heterocycles. The number of halogens is 5. The number of rotatable bonds is 6. The van der Waals surface area contributed by atoms with Crippen LogP contribution in [0.5, 0.6) is 5.75 Å². The van der Waals surface area contributed by atoms with Crippen LogP contribution in [-0.2, 0) is 6.11 Å². The highest BCUT2D eigenvalue weighted by atomic mass is 19.3. The van der Waals surface area contributed by atoms with Crippen molar-refractivity contribution in [2.75, 3.05) is 0 Å². The zero-order valence-electron chi connectivity index (χ0n) is 19.6. The lowest BCUT2D eigenvalue weighted by Crippen LogP contribution is -2.23. The molecule has 0 bridgehead atoms. The highest BCUT2D eigenvalue weighted by Crippen LogP contribution is 2.36. The van der Waals surface area contributed by atoms with E-state index in [1.165, 1.54) is 31.9 Å². The van der Waals surface area contributed by atoms with Crippen LogP contribution < -0.4 is 4.74 Å². The van der Waals surface area contributed by atoms with Gasteiger partial charge in [0.25, 0.3) is 0 Å². The first-order chi connectivity index (χ1) is 16.6. The van der Waals surface area contributed by atoms with Crippen molar-refractivity contribution < 1.29 is 26.7 Å². The van der Waals surface area contributed by atoms with Crippen molar-refractivity contribution in [1.82, 2.24) is 0 Å². The molecule has 35 heavy (non-hydrogen) atoms. The third kappa shape index (κ3) is 5.92. The van der Waals surface area contributed by atoms with E-state index >= 15 is 0 Å². The molecule has 0 spiro atoms. The van der Waals surface area contributed by atoms with E-state index in [4.69, 9.17) is 4.74 Å². The van der Waals surface area contributed by atoms with Gasteiger partial charge in [0.1, 0.15) is 23.2 Å². The summed E-state index contributed by atoms with van der Waals surface area (Å²) in [4.78, 5) is 0. The molecule has 0 radical (unpaired) electrons. The topological polar surface area (TPSA) is 9.23 Å². The molecule has 6 heteroatoms. The van der Waals surface area contributed by atoms with Crippen LogP contribution in [0.1, 0.15) is 49.3 Å². The Bertz CT molecular complexity index is 1190. The minimum atomic E-state index is -3.98. The highest BCUT2D eigenvalue weighted by molar-refractivity contribution is 5.66. The standard InChI is InChI=1S/C29H27F5O/c1-18-3-5-20(6-4-18)7-8-21-9-12-23(13-10-21)35-29(33,34)24-14-11-22(17-25(24)30)28-26(31)15-19(2)16-27(28)32/h7-18,20H,3-6H2,1-2H3/b8-7+. The first-order valence-electron chi connectivity index (χ1n) is 11.7. The normalized spacial score (nSPS) is 18.7. The second kappa shape index (κ2) is 10.2. The van der Waals surface area contributed by atoms with E-state index in [2.05, 4.69) is 13.0 Å². The molecule has 1 nitrogen and oxygen atoms in total. The van der Waals surface area contributed by atoms with Gasteiger partial charge in [-0.05, 0) is 84.7 Å². The Morgan fingerprint density at radius 2 is 1.46 bits per heavy atom. The Kier molecular flexibility index (Phi) is 7.29. The summed E-state index contributed by atoms with van der Waals surface area (Å²) in [6, 6.07) is 10.8. The van der Waals surface area contributed by atoms with Gasteiger partial charge in [0.2, 0.25) is 0 Å². The van der Waals surface area contributed by atoms with Crippen LogP contribution in [0.2, 0.25) is 0 Å². The lowest BCUT2D eigenvalue weighted by Gasteiger charge is -2.23. The first kappa shape index (κ1) is 25.0. The average Bonchev–Trinajstić information content (AvgIpc) is 2.79. The van der Waals surface area contributed by atoms with Crippen molar-refractivity contribution in [2.24, 2.45) is 11.8 Å². The molecule has 0 saturated heterocycles. The van der Waals surface area contributed by atoms with Crippen LogP contribution in [-0.4, -0.2) is 0 Å². The third-order valence-corrected chi connectivity index (χ3v) is 6.51. The molecule has 1 saturated carbocycles. The van der Waals surface area contributed by atoms with Crippen LogP contribution in [0.15, 0.2) is 60.7 Å². The number of alkyl halides is 2. The number of aryl methyl sites for hydroxylation is 1. The number of ether oxygens (including phenoxy) is 1. The highest BCUT2D eigenvalue weighted by Gasteiger charge is 2.38. The second-order valence-electron chi connectivity index (χ2n) is 9.37. The molecular weight excluding hydrogens is 459 g/mol. The molecule has 0 heterocycles. The van der Waals surface area contributed by atoms with E-state index in [1.54, 1.807) is 12.1 Å². The predicted molar refractivity (Wildman–Crippen MR) is 128 cm³/mol. The molecule has 0 N–H and O–H groups in total. The summed E-state index contributed by atoms with van der Waals surface area (Å²) < 4.78 is 77.4. The fraction of sp³-hybridized carbons (Fsp3) is 0.310. The second-order valence-corrected chi connectivity index (χ2v) is 9.37. The molecule has 0 atom stereocenters. The van der Waals surface area contributed by atoms with Crippen LogP contribution in [0, 0.1) is 36.2 Å². The quantitative estimate of drug-likeness (QED) is 0.316. The minimum absolute atomic E-state index is 0.127. The van der Waals surface area contributed by atoms with E-state index < -0.39 is 34.7 Å². The zero-order chi connectivity index (χ0) is 25.2. The Morgan fingerprint density at radius 1 is 0.829 bits per heavy atom. The Balaban J connectivity index is 1.47. The smallest absolute Gasteiger partial charge is 0.429 e. The molecule has 1 fully saturated rings. The molecule has 1 aliphatic rings. The van der Waals surface area contributed by atoms with Gasteiger partial charge in [-0.2, -0.15) is 8.78 Å². The maximum absolute atomic E-state index is 14.7. The van der Waals surface area contributed by atoms with Crippen molar-refractivity contribution in [3.8, 4) is 16.9 Å². The van der Waals surface area contributed by atoms with Gasteiger partial charge in [-0.25, -0.2) is 13.2 Å². The molecule has 1 aliphatic carbocycles. The fourth-order valence-electron chi connectivity index (χ4n) is 4.46. The van der Waals surface area contributed by atoms with Crippen LogP contribution in [0.25, 0.3) is 17.2 Å². The van der Waals surface area contributed by atoms with Gasteiger partial charge in [0.05, 0.1) is 11.1 Å². The van der Waals surface area contributed by atoms with E-state index in [9.17, 15) is 22.0 Å². The van der Waals surface area contributed by atoms with Gasteiger partial charge in [0.15, 0.2) is 0 Å². The lowest BCUT2D eigenvalue weighted by atomic mass is 9.83. The van der Waals surface area contributed by atoms with Gasteiger partial charge in [-0.15, -0.1) is 0 Å². The summed E-state index contributed by atoms with van der Waals surface area (Å²) in [5.74, 6) is -1.95. The SMILES string of the molecule is Cc1cc(F)c(-c2ccc(C(F)(F)Oc3ccc(/C=C/C4CCC(C)CC4)cc3)c(F)c2)c(F)c1. The van der Waals surface area contributed by atoms with Crippen molar-refractivity contribution >= 4 is 6.08 Å². The number of hydrogen-bond acceptors (Lipinski definition) is 1. The fourth-order valence-corrected chi connectivity index (χ4v) is 4.46. The van der Waals surface area contributed by atoms with Gasteiger partial charge in [-0.3, -0.25) is 0 Å². The van der Waals surface area contributed by atoms with Crippen molar-refractivity contribution in [3.63, 3.8) is 0 Å². The van der Waals surface area contributed by atoms with Crippen LogP contribution in [0.4, 0.5) is 22.0 Å². The van der Waals surface area contributed by atoms with E-state index in [-0.39, 0.29) is 11.3 Å². The minimum Gasteiger partial charge on any atom is -0.429 e. The number of hydrogen-bond donors (Lipinski definition) is 0. The van der Waals surface area contributed by atoms with Crippen molar-refractivity contribution in [2.45, 2.75) is 45.6 Å². The average molecular weight is 487 g/mol. The third-order valence-electron chi connectivity index (χ3n) is 6.51. The molecule has 4 rings (SSSR count). The van der Waals surface area contributed by atoms with Crippen LogP contribution in [0.3, 0.4) is 0 Å². The van der Waals surface area contributed by atoms with E-state index in [1.807, 2.05) is 6.08 Å². The lowest BCUT2D eigenvalue weighted by molar-refractivity contribution is -0.187. The molecule has 3 aromatic rings. The van der Waals surface area contributed by atoms with E-state index in [0.717, 1.165) is 48.6 Å². The van der Waals surface area contributed by atoms with Gasteiger partial charge < -0.3 is 4.74 Å². The summed E-state index contributed by atoms with van der Waals surface area (Å²) in [6.07, 6.45) is 4.88.